The van der Waals surface area contributed by atoms with Crippen LogP contribution in [-0.2, 0) is 0 Å². The van der Waals surface area contributed by atoms with Crippen LogP contribution in [0.5, 0.6) is 34.5 Å². The molecule has 5 rings (SSSR count). The van der Waals surface area contributed by atoms with Gasteiger partial charge in [-0.3, -0.25) is 0 Å². The third-order valence-electron chi connectivity index (χ3n) is 4.56. The first-order valence-electron chi connectivity index (χ1n) is 11.7. The summed E-state index contributed by atoms with van der Waals surface area (Å²) >= 11 is 13.9. The fraction of sp³-hybridized carbons (Fsp3) is 0.500. The van der Waals surface area contributed by atoms with E-state index < -0.39 is 57.4 Å². The zero-order chi connectivity index (χ0) is 34.3. The van der Waals surface area contributed by atoms with Crippen LogP contribution in [0.15, 0.2) is 33.4 Å². The van der Waals surface area contributed by atoms with E-state index in [1.165, 1.54) is 22.7 Å². The third-order valence-corrected chi connectivity index (χ3v) is 8.39. The molecule has 0 saturated carbocycles. The summed E-state index contributed by atoms with van der Waals surface area (Å²) < 4.78 is 107. The van der Waals surface area contributed by atoms with Crippen molar-refractivity contribution < 1.29 is 65.0 Å². The number of thiol groups is 1. The molecule has 2 aliphatic rings. The van der Waals surface area contributed by atoms with Crippen LogP contribution in [0, 0.1) is 0 Å². The summed E-state index contributed by atoms with van der Waals surface area (Å²) in [6.45, 7) is -5.08. The van der Waals surface area contributed by atoms with Crippen LogP contribution in [0.2, 0.25) is 0 Å². The first kappa shape index (κ1) is 44.6. The van der Waals surface area contributed by atoms with Gasteiger partial charge in [-0.1, -0.05) is 7.43 Å². The zero-order valence-electron chi connectivity index (χ0n) is 23.1. The molecule has 0 aliphatic carbocycles. The van der Waals surface area contributed by atoms with Crippen LogP contribution in [0.1, 0.15) is 7.43 Å². The molecule has 46 heavy (non-hydrogen) atoms. The van der Waals surface area contributed by atoms with Gasteiger partial charge in [-0.05, 0) is 31.9 Å². The van der Waals surface area contributed by atoms with Gasteiger partial charge >= 0.3 is 36.6 Å². The predicted octanol–water partition coefficient (Wildman–Crippen LogP) is 8.03. The van der Waals surface area contributed by atoms with Gasteiger partial charge in [0.15, 0.2) is 60.9 Å². The topological polar surface area (TPSA) is 108 Å². The van der Waals surface area contributed by atoms with E-state index >= 15 is 0 Å². The number of thiophene rings is 3. The predicted molar refractivity (Wildman–Crippen MR) is 176 cm³/mol. The summed E-state index contributed by atoms with van der Waals surface area (Å²) in [5.41, 5.74) is 0. The normalized spacial score (nSPS) is 15.0. The SMILES string of the molecule is C.COc1cscc1OC.FC1(F)COc2c(Br)sc(Br)c2OC1.FC1(F)COc2cscc2OC1.OCC(F)(F)CO.[B]=NS. The fourth-order valence-corrected chi connectivity index (χ4v) is 6.79. The Kier molecular flexibility index (Phi) is 20.9. The van der Waals surface area contributed by atoms with Crippen molar-refractivity contribution in [1.29, 1.82) is 0 Å². The quantitative estimate of drug-likeness (QED) is 0.138. The minimum atomic E-state index is -3.31. The average molecular weight is 872 g/mol. The molecule has 0 amide bonds. The third kappa shape index (κ3) is 15.6. The van der Waals surface area contributed by atoms with E-state index in [1.807, 2.05) is 10.8 Å². The zero-order valence-corrected chi connectivity index (χ0v) is 29.6. The monoisotopic (exact) mass is 870 g/mol. The molecule has 5 heterocycles. The molecule has 0 bridgehead atoms. The first-order valence-corrected chi connectivity index (χ1v) is 16.4. The average Bonchev–Trinajstić information content (AvgIpc) is 3.67. The number of fused-ring (bicyclic) bond motifs is 2. The number of halogens is 8. The molecule has 1 radical (unpaired) electrons. The van der Waals surface area contributed by atoms with Gasteiger partial charge in [0.2, 0.25) is 0 Å². The van der Waals surface area contributed by atoms with E-state index in [0.717, 1.165) is 11.5 Å². The molecule has 0 spiro atoms. The maximum absolute atomic E-state index is 12.9. The summed E-state index contributed by atoms with van der Waals surface area (Å²) in [7, 11) is 7.60. The van der Waals surface area contributed by atoms with E-state index in [4.69, 9.17) is 38.6 Å². The molecule has 0 fully saturated rings. The van der Waals surface area contributed by atoms with Crippen molar-refractivity contribution in [3.8, 4) is 34.5 Å². The van der Waals surface area contributed by atoms with Crippen molar-refractivity contribution in [3.63, 3.8) is 0 Å². The number of hydrogen-bond acceptors (Lipinski definition) is 13. The van der Waals surface area contributed by atoms with Crippen LogP contribution in [0.25, 0.3) is 0 Å². The number of rotatable bonds is 4. The number of aliphatic hydroxyl groups is 2. The number of methoxy groups -OCH3 is 2. The van der Waals surface area contributed by atoms with E-state index in [0.29, 0.717) is 30.6 Å². The maximum atomic E-state index is 12.9. The molecule has 0 aromatic carbocycles. The molecular formula is C24H29BBr2F6NO8S4. The minimum absolute atomic E-state index is 0. The van der Waals surface area contributed by atoms with Gasteiger partial charge in [0.25, 0.3) is 5.92 Å². The Morgan fingerprint density at radius 2 is 1.15 bits per heavy atom. The Hall–Kier alpha value is -1.43. The van der Waals surface area contributed by atoms with Gasteiger partial charge < -0.3 is 38.6 Å². The molecule has 0 unspecified atom stereocenters. The number of nitrogens with zero attached hydrogens (tertiary/aromatic N) is 1. The van der Waals surface area contributed by atoms with Gasteiger partial charge in [0.05, 0.1) is 14.2 Å². The van der Waals surface area contributed by atoms with Crippen molar-refractivity contribution in [2.75, 3.05) is 53.9 Å². The molecule has 9 nitrogen and oxygen atoms in total. The Bertz CT molecular complexity index is 1230. The van der Waals surface area contributed by atoms with Crippen molar-refractivity contribution >= 4 is 86.3 Å². The van der Waals surface area contributed by atoms with Gasteiger partial charge in [-0.2, -0.15) is 17.6 Å². The second kappa shape index (κ2) is 21.5. The summed E-state index contributed by atoms with van der Waals surface area (Å²) in [4.78, 5) is 0. The van der Waals surface area contributed by atoms with Crippen molar-refractivity contribution in [3.05, 3.63) is 29.1 Å². The van der Waals surface area contributed by atoms with Crippen LogP contribution < -0.4 is 28.4 Å². The standard InChI is InChI=1S/C7H4Br2F2O2S.C7H6F2O2S.C6H8O2S.C3H6F2O2.CH4.BHNS/c8-5-3-4(6(9)14-5)13-2-7(10,11)1-12-3;8-7(9)3-10-5-1-12-2-6(5)11-4-7;1-7-5-3-9-4-6(5)8-2;4-3(5,1-6)2-7;;1-2-3/h1-2H2;1-2H,3-4H2;3-4H,1-2H3;6-7H,1-2H2;1H4;3H. The van der Waals surface area contributed by atoms with Crippen molar-refractivity contribution in [2.45, 2.75) is 25.2 Å². The number of aliphatic hydroxyl groups excluding tert-OH is 2. The van der Waals surface area contributed by atoms with Crippen LogP contribution in [0.3, 0.4) is 0 Å². The molecule has 0 atom stereocenters. The summed E-state index contributed by atoms with van der Waals surface area (Å²) in [6, 6.07) is 0. The van der Waals surface area contributed by atoms with Crippen LogP contribution in [-0.4, -0.2) is 89.5 Å². The summed E-state index contributed by atoms with van der Waals surface area (Å²) in [5, 5.41) is 22.5. The molecule has 22 heteroatoms. The van der Waals surface area contributed by atoms with Crippen LogP contribution >= 0.6 is 78.7 Å². The van der Waals surface area contributed by atoms with Crippen molar-refractivity contribution in [1.82, 2.24) is 0 Å². The Morgan fingerprint density at radius 3 is 1.46 bits per heavy atom. The van der Waals surface area contributed by atoms with Gasteiger partial charge in [-0.25, -0.2) is 8.78 Å². The van der Waals surface area contributed by atoms with E-state index in [-0.39, 0.29) is 7.43 Å². The molecular weight excluding hydrogens is 843 g/mol. The summed E-state index contributed by atoms with van der Waals surface area (Å²) in [5.74, 6) is -5.98. The molecule has 261 valence electrons. The van der Waals surface area contributed by atoms with E-state index in [9.17, 15) is 26.3 Å². The first-order chi connectivity index (χ1) is 21.1. The molecule has 3 aromatic rings. The molecule has 2 N–H and O–H groups in total. The molecule has 2 aliphatic heterocycles. The molecule has 3 aromatic heterocycles. The van der Waals surface area contributed by atoms with Gasteiger partial charge in [0, 0.05) is 21.5 Å². The number of ether oxygens (including phenoxy) is 6. The number of alkyl halides is 6. The van der Waals surface area contributed by atoms with Crippen LogP contribution in [0.4, 0.5) is 26.3 Å². The fourth-order valence-electron chi connectivity index (χ4n) is 2.51. The van der Waals surface area contributed by atoms with Crippen molar-refractivity contribution in [2.24, 2.45) is 4.30 Å². The molecule has 0 saturated heterocycles. The Balaban J connectivity index is 0.000000583. The second-order valence-corrected chi connectivity index (χ2v) is 13.4. The Labute approximate surface area is 296 Å². The van der Waals surface area contributed by atoms with E-state index in [2.05, 4.69) is 56.6 Å². The van der Waals surface area contributed by atoms with E-state index in [1.54, 1.807) is 36.3 Å². The Morgan fingerprint density at radius 1 is 0.826 bits per heavy atom. The van der Waals surface area contributed by atoms with Gasteiger partial charge in [-0.15, -0.1) is 34.0 Å². The summed E-state index contributed by atoms with van der Waals surface area (Å²) in [6.07, 6.45) is 0. The second-order valence-electron chi connectivity index (χ2n) is 8.07. The van der Waals surface area contributed by atoms with Gasteiger partial charge in [0.1, 0.15) is 20.8 Å². The number of hydrogen-bond donors (Lipinski definition) is 3.